The van der Waals surface area contributed by atoms with Crippen molar-refractivity contribution in [2.45, 2.75) is 27.2 Å². The van der Waals surface area contributed by atoms with Crippen LogP contribution in [0.2, 0.25) is 0 Å². The van der Waals surface area contributed by atoms with E-state index in [1.807, 2.05) is 13.8 Å². The molecular weight excluding hydrogens is 258 g/mol. The van der Waals surface area contributed by atoms with Gasteiger partial charge in [-0.25, -0.2) is 16.0 Å². The van der Waals surface area contributed by atoms with Crippen molar-refractivity contribution in [2.24, 2.45) is 5.18 Å². The van der Waals surface area contributed by atoms with E-state index in [-0.39, 0.29) is 11.6 Å². The van der Waals surface area contributed by atoms with Crippen LogP contribution in [-0.2, 0) is 4.79 Å². The topological polar surface area (TPSA) is 85.8 Å². The Morgan fingerprint density at radius 1 is 1.20 bits per heavy atom. The maximum Gasteiger partial charge on any atom is 0.224 e. The van der Waals surface area contributed by atoms with Crippen LogP contribution in [-0.4, -0.2) is 19.0 Å². The van der Waals surface area contributed by atoms with Crippen molar-refractivity contribution in [3.05, 3.63) is 23.1 Å². The minimum Gasteiger partial charge on any atom is -0.324 e. The maximum atomic E-state index is 11.5. The Labute approximate surface area is 118 Å². The first kappa shape index (κ1) is 16.1. The maximum absolute atomic E-state index is 11.5. The Morgan fingerprint density at radius 2 is 1.85 bits per heavy atom. The number of nitroso groups, excluding NO2 is 1. The molecule has 1 aromatic rings. The lowest BCUT2D eigenvalue weighted by molar-refractivity contribution is -0.115. The van der Waals surface area contributed by atoms with Crippen LogP contribution in [0.3, 0.4) is 0 Å². The first-order chi connectivity index (χ1) is 9.65. The molecule has 3 N–H and O–H groups in total. The fourth-order valence-electron chi connectivity index (χ4n) is 1.64. The summed E-state index contributed by atoms with van der Waals surface area (Å²) in [6, 6.07) is 5.04. The number of benzene rings is 1. The standard InChI is InChI=1S/C13H21N5O2/c1-4-13(19)16-12-9-10(7-8-11(12)17-20)18(14-5-2)15-6-3/h7-9,14-15H,4-6H2,1-3H3,(H,16,19). The number of amides is 1. The van der Waals surface area contributed by atoms with E-state index in [0.717, 1.165) is 18.8 Å². The highest BCUT2D eigenvalue weighted by atomic mass is 16.3. The van der Waals surface area contributed by atoms with Gasteiger partial charge in [-0.05, 0) is 23.4 Å². The van der Waals surface area contributed by atoms with Gasteiger partial charge in [-0.3, -0.25) is 4.79 Å². The summed E-state index contributed by atoms with van der Waals surface area (Å²) in [5, 5.41) is 7.35. The quantitative estimate of drug-likeness (QED) is 0.502. The number of anilines is 2. The lowest BCUT2D eigenvalue weighted by Crippen LogP contribution is -2.48. The molecule has 0 heterocycles. The number of hydrogen-bond donors (Lipinski definition) is 3. The van der Waals surface area contributed by atoms with Crippen LogP contribution in [0.15, 0.2) is 23.4 Å². The summed E-state index contributed by atoms with van der Waals surface area (Å²) in [7, 11) is 0. The Balaban J connectivity index is 3.05. The van der Waals surface area contributed by atoms with E-state index in [0.29, 0.717) is 12.1 Å². The van der Waals surface area contributed by atoms with Gasteiger partial charge in [-0.2, -0.15) is 0 Å². The van der Waals surface area contributed by atoms with E-state index in [4.69, 9.17) is 0 Å². The predicted octanol–water partition coefficient (Wildman–Crippen LogP) is 2.29. The summed E-state index contributed by atoms with van der Waals surface area (Å²) in [6.45, 7) is 7.17. The molecule has 110 valence electrons. The van der Waals surface area contributed by atoms with Crippen molar-refractivity contribution >= 4 is 23.0 Å². The molecule has 0 aliphatic heterocycles. The number of carbonyl (C=O) groups is 1. The molecule has 1 aromatic carbocycles. The van der Waals surface area contributed by atoms with Crippen LogP contribution in [0, 0.1) is 4.91 Å². The molecule has 7 nitrogen and oxygen atoms in total. The first-order valence-electron chi connectivity index (χ1n) is 6.70. The van der Waals surface area contributed by atoms with Gasteiger partial charge in [0.1, 0.15) is 5.69 Å². The second-order valence-electron chi connectivity index (χ2n) is 4.05. The molecule has 0 spiro atoms. The highest BCUT2D eigenvalue weighted by Gasteiger charge is 2.11. The lowest BCUT2D eigenvalue weighted by Gasteiger charge is -2.25. The zero-order valence-corrected chi connectivity index (χ0v) is 12.1. The molecule has 0 atom stereocenters. The molecule has 0 saturated heterocycles. The van der Waals surface area contributed by atoms with Crippen LogP contribution in [0.25, 0.3) is 0 Å². The average molecular weight is 279 g/mol. The summed E-state index contributed by atoms with van der Waals surface area (Å²) in [4.78, 5) is 22.3. The molecule has 0 aliphatic carbocycles. The number of nitrogens with zero attached hydrogens (tertiary/aromatic N) is 2. The van der Waals surface area contributed by atoms with Gasteiger partial charge in [0.15, 0.2) is 0 Å². The van der Waals surface area contributed by atoms with Gasteiger partial charge in [0.05, 0.1) is 11.4 Å². The molecule has 1 amide bonds. The van der Waals surface area contributed by atoms with Crippen LogP contribution < -0.4 is 21.3 Å². The molecule has 7 heteroatoms. The molecule has 0 radical (unpaired) electrons. The zero-order valence-electron chi connectivity index (χ0n) is 12.1. The predicted molar refractivity (Wildman–Crippen MR) is 80.7 cm³/mol. The van der Waals surface area contributed by atoms with Gasteiger partial charge in [-0.1, -0.05) is 20.8 Å². The smallest absolute Gasteiger partial charge is 0.224 e. The zero-order chi connectivity index (χ0) is 15.0. The minimum absolute atomic E-state index is 0.162. The van der Waals surface area contributed by atoms with Crippen LogP contribution in [0.1, 0.15) is 27.2 Å². The SMILES string of the molecule is CCNN(NCC)c1ccc(N=O)c(NC(=O)CC)c1. The highest BCUT2D eigenvalue weighted by Crippen LogP contribution is 2.29. The first-order valence-corrected chi connectivity index (χ1v) is 6.70. The Kier molecular flexibility index (Phi) is 6.61. The Morgan fingerprint density at radius 3 is 2.35 bits per heavy atom. The van der Waals surface area contributed by atoms with Gasteiger partial charge >= 0.3 is 0 Å². The van der Waals surface area contributed by atoms with Gasteiger partial charge in [-0.15, -0.1) is 4.91 Å². The van der Waals surface area contributed by atoms with Crippen molar-refractivity contribution in [1.82, 2.24) is 10.9 Å². The van der Waals surface area contributed by atoms with E-state index in [1.54, 1.807) is 30.2 Å². The summed E-state index contributed by atoms with van der Waals surface area (Å²) >= 11 is 0. The van der Waals surface area contributed by atoms with Crippen molar-refractivity contribution in [3.8, 4) is 0 Å². The summed E-state index contributed by atoms with van der Waals surface area (Å²) in [5.74, 6) is -0.162. The van der Waals surface area contributed by atoms with Crippen molar-refractivity contribution < 1.29 is 4.79 Å². The Bertz CT molecular complexity index is 458. The minimum atomic E-state index is -0.162. The lowest BCUT2D eigenvalue weighted by atomic mass is 10.2. The normalized spacial score (nSPS) is 10.2. The summed E-state index contributed by atoms with van der Waals surface area (Å²) in [6.07, 6.45) is 0.340. The second kappa shape index (κ2) is 8.23. The fraction of sp³-hybridized carbons (Fsp3) is 0.462. The third-order valence-corrected chi connectivity index (χ3v) is 2.56. The molecule has 0 fully saturated rings. The number of nitrogens with one attached hydrogen (secondary N) is 3. The molecule has 0 saturated carbocycles. The van der Waals surface area contributed by atoms with E-state index in [1.165, 1.54) is 0 Å². The van der Waals surface area contributed by atoms with Crippen LogP contribution in [0.4, 0.5) is 17.1 Å². The summed E-state index contributed by atoms with van der Waals surface area (Å²) in [5.41, 5.74) is 7.67. The second-order valence-corrected chi connectivity index (χ2v) is 4.05. The third kappa shape index (κ3) is 4.29. The number of carbonyl (C=O) groups excluding carboxylic acids is 1. The monoisotopic (exact) mass is 279 g/mol. The van der Waals surface area contributed by atoms with Gasteiger partial charge in [0.25, 0.3) is 0 Å². The largest absolute Gasteiger partial charge is 0.324 e. The molecule has 0 aliphatic rings. The molecule has 20 heavy (non-hydrogen) atoms. The van der Waals surface area contributed by atoms with E-state index >= 15 is 0 Å². The molecule has 1 rings (SSSR count). The van der Waals surface area contributed by atoms with Gasteiger partial charge < -0.3 is 5.32 Å². The van der Waals surface area contributed by atoms with Gasteiger partial charge in [0.2, 0.25) is 5.91 Å². The summed E-state index contributed by atoms with van der Waals surface area (Å²) < 4.78 is 0. The van der Waals surface area contributed by atoms with Crippen molar-refractivity contribution in [1.29, 1.82) is 0 Å². The molecule has 0 bridgehead atoms. The third-order valence-electron chi connectivity index (χ3n) is 2.56. The fourth-order valence-corrected chi connectivity index (χ4v) is 1.64. The Hall–Kier alpha value is -1.99. The average Bonchev–Trinajstić information content (AvgIpc) is 2.46. The van der Waals surface area contributed by atoms with Gasteiger partial charge in [0, 0.05) is 19.5 Å². The van der Waals surface area contributed by atoms with E-state index < -0.39 is 0 Å². The van der Waals surface area contributed by atoms with Crippen LogP contribution >= 0.6 is 0 Å². The van der Waals surface area contributed by atoms with Crippen molar-refractivity contribution in [3.63, 3.8) is 0 Å². The van der Waals surface area contributed by atoms with E-state index in [9.17, 15) is 9.70 Å². The van der Waals surface area contributed by atoms with Crippen molar-refractivity contribution in [2.75, 3.05) is 23.5 Å². The molecule has 0 aromatic heterocycles. The molecular formula is C13H21N5O2. The molecule has 0 unspecified atom stereocenters. The number of hydrazine groups is 2. The van der Waals surface area contributed by atoms with Crippen LogP contribution in [0.5, 0.6) is 0 Å². The van der Waals surface area contributed by atoms with E-state index in [2.05, 4.69) is 21.3 Å². The number of hydrogen-bond acceptors (Lipinski definition) is 6. The highest BCUT2D eigenvalue weighted by molar-refractivity contribution is 5.94. The number of rotatable bonds is 8.